The fourth-order valence-electron chi connectivity index (χ4n) is 7.04. The molecule has 0 bridgehead atoms. The smallest absolute Gasteiger partial charge is 0.317 e. The van der Waals surface area contributed by atoms with Gasteiger partial charge in [0, 0.05) is 24.5 Å². The van der Waals surface area contributed by atoms with Crippen LogP contribution in [-0.4, -0.2) is 85.7 Å². The standard InChI is InChI=1S/C28H41N3O4S/c1-29(2)28(24-9-4-3-5-10-24)15-13-27(14-16-28)21-30(26(33)31(27)19-22-7-6-8-22)20-25(32)23-11-17-36(34,35)18-12-23/h3-5,9-10,22-23H,6-8,11-21H2,1-2H3. The highest BCUT2D eigenvalue weighted by Gasteiger charge is 2.55. The topological polar surface area (TPSA) is 78.0 Å². The zero-order valence-corrected chi connectivity index (χ0v) is 22.6. The molecule has 4 aliphatic rings. The van der Waals surface area contributed by atoms with Gasteiger partial charge in [0.25, 0.3) is 0 Å². The summed E-state index contributed by atoms with van der Waals surface area (Å²) in [6.07, 6.45) is 8.18. The van der Waals surface area contributed by atoms with Crippen molar-refractivity contribution >= 4 is 21.7 Å². The van der Waals surface area contributed by atoms with Crippen LogP contribution in [0, 0.1) is 11.8 Å². The predicted octanol–water partition coefficient (Wildman–Crippen LogP) is 3.69. The Morgan fingerprint density at radius 3 is 2.19 bits per heavy atom. The van der Waals surface area contributed by atoms with Gasteiger partial charge in [0.05, 0.1) is 23.6 Å². The molecular formula is C28H41N3O4S. The lowest BCUT2D eigenvalue weighted by molar-refractivity contribution is -0.123. The molecule has 1 aromatic carbocycles. The normalized spacial score (nSPS) is 28.6. The third-order valence-corrected chi connectivity index (χ3v) is 11.5. The Labute approximate surface area is 216 Å². The minimum Gasteiger partial charge on any atom is -0.317 e. The van der Waals surface area contributed by atoms with Gasteiger partial charge in [-0.25, -0.2) is 13.2 Å². The van der Waals surface area contributed by atoms with Gasteiger partial charge in [0.15, 0.2) is 5.78 Å². The SMILES string of the molecule is CN(C)C1(c2ccccc2)CCC2(CC1)CN(CC(=O)C1CCS(=O)(=O)CC1)C(=O)N2CC1CCC1. The van der Waals surface area contributed by atoms with E-state index in [2.05, 4.69) is 54.2 Å². The second-order valence-corrected chi connectivity index (χ2v) is 14.3. The van der Waals surface area contributed by atoms with E-state index in [1.165, 1.54) is 24.8 Å². The van der Waals surface area contributed by atoms with Crippen LogP contribution in [0.2, 0.25) is 0 Å². The highest BCUT2D eigenvalue weighted by molar-refractivity contribution is 7.91. The molecule has 4 fully saturated rings. The molecule has 0 N–H and O–H groups in total. The summed E-state index contributed by atoms with van der Waals surface area (Å²) >= 11 is 0. The average molecular weight is 516 g/mol. The minimum absolute atomic E-state index is 0.00995. The van der Waals surface area contributed by atoms with E-state index in [9.17, 15) is 18.0 Å². The number of sulfone groups is 1. The summed E-state index contributed by atoms with van der Waals surface area (Å²) in [6, 6.07) is 10.7. The molecule has 198 valence electrons. The summed E-state index contributed by atoms with van der Waals surface area (Å²) in [5, 5.41) is 0. The van der Waals surface area contributed by atoms with Crippen LogP contribution in [0.3, 0.4) is 0 Å². The monoisotopic (exact) mass is 515 g/mol. The molecule has 0 atom stereocenters. The molecule has 0 aromatic heterocycles. The van der Waals surface area contributed by atoms with Gasteiger partial charge in [-0.3, -0.25) is 9.69 Å². The maximum Gasteiger partial charge on any atom is 0.321 e. The van der Waals surface area contributed by atoms with E-state index >= 15 is 0 Å². The van der Waals surface area contributed by atoms with Gasteiger partial charge in [-0.2, -0.15) is 0 Å². The molecule has 1 aromatic rings. The molecule has 8 heteroatoms. The van der Waals surface area contributed by atoms with Crippen LogP contribution in [0.5, 0.6) is 0 Å². The van der Waals surface area contributed by atoms with Crippen LogP contribution in [0.25, 0.3) is 0 Å². The number of ketones is 1. The van der Waals surface area contributed by atoms with Crippen LogP contribution in [0.4, 0.5) is 4.79 Å². The second-order valence-electron chi connectivity index (χ2n) is 12.0. The number of amides is 2. The van der Waals surface area contributed by atoms with Crippen LogP contribution in [0.1, 0.15) is 63.4 Å². The molecule has 2 aliphatic heterocycles. The number of urea groups is 1. The van der Waals surface area contributed by atoms with E-state index in [0.717, 1.165) is 32.2 Å². The first-order valence-electron chi connectivity index (χ1n) is 13.7. The van der Waals surface area contributed by atoms with Crippen molar-refractivity contribution in [3.05, 3.63) is 35.9 Å². The maximum atomic E-state index is 13.7. The molecule has 0 unspecified atom stereocenters. The van der Waals surface area contributed by atoms with Crippen molar-refractivity contribution in [3.8, 4) is 0 Å². The Morgan fingerprint density at radius 1 is 1.00 bits per heavy atom. The minimum atomic E-state index is -3.01. The molecular weight excluding hydrogens is 474 g/mol. The predicted molar refractivity (Wildman–Crippen MR) is 140 cm³/mol. The molecule has 2 saturated heterocycles. The first-order chi connectivity index (χ1) is 17.1. The molecule has 2 saturated carbocycles. The average Bonchev–Trinajstić information content (AvgIpc) is 3.07. The molecule has 2 amide bonds. The van der Waals surface area contributed by atoms with E-state index in [-0.39, 0.29) is 46.9 Å². The van der Waals surface area contributed by atoms with Crippen molar-refractivity contribution in [2.45, 2.75) is 68.9 Å². The van der Waals surface area contributed by atoms with E-state index in [1.807, 2.05) is 0 Å². The van der Waals surface area contributed by atoms with Crippen molar-refractivity contribution in [3.63, 3.8) is 0 Å². The van der Waals surface area contributed by atoms with Gasteiger partial charge < -0.3 is 9.80 Å². The summed E-state index contributed by atoms with van der Waals surface area (Å²) in [7, 11) is 1.30. The van der Waals surface area contributed by atoms with Crippen molar-refractivity contribution in [1.82, 2.24) is 14.7 Å². The second kappa shape index (κ2) is 9.75. The van der Waals surface area contributed by atoms with Gasteiger partial charge in [0.2, 0.25) is 0 Å². The Balaban J connectivity index is 1.33. The Kier molecular flexibility index (Phi) is 6.96. The zero-order chi connectivity index (χ0) is 25.6. The number of rotatable bonds is 7. The molecule has 36 heavy (non-hydrogen) atoms. The summed E-state index contributed by atoms with van der Waals surface area (Å²) in [5.41, 5.74) is 1.06. The van der Waals surface area contributed by atoms with Crippen molar-refractivity contribution in [1.29, 1.82) is 0 Å². The van der Waals surface area contributed by atoms with Crippen LogP contribution in [0.15, 0.2) is 30.3 Å². The first kappa shape index (κ1) is 25.7. The molecule has 2 aliphatic carbocycles. The van der Waals surface area contributed by atoms with Crippen LogP contribution < -0.4 is 0 Å². The van der Waals surface area contributed by atoms with Crippen molar-refractivity contribution < 1.29 is 18.0 Å². The number of carbonyl (C=O) groups excluding carboxylic acids is 2. The lowest BCUT2D eigenvalue weighted by Gasteiger charge is -2.51. The fourth-order valence-corrected chi connectivity index (χ4v) is 8.53. The number of Topliss-reactive ketones (excluding diaryl/α,β-unsaturated/α-hetero) is 1. The highest BCUT2D eigenvalue weighted by Crippen LogP contribution is 2.49. The number of hydrogen-bond donors (Lipinski definition) is 0. The van der Waals surface area contributed by atoms with E-state index in [1.54, 1.807) is 4.90 Å². The Hall–Kier alpha value is -1.93. The van der Waals surface area contributed by atoms with E-state index < -0.39 is 9.84 Å². The van der Waals surface area contributed by atoms with Crippen molar-refractivity contribution in [2.24, 2.45) is 11.8 Å². The third-order valence-electron chi connectivity index (χ3n) is 9.76. The number of benzene rings is 1. The summed E-state index contributed by atoms with van der Waals surface area (Å²) in [6.45, 7) is 1.52. The first-order valence-corrected chi connectivity index (χ1v) is 15.5. The maximum absolute atomic E-state index is 13.7. The van der Waals surface area contributed by atoms with Gasteiger partial charge >= 0.3 is 6.03 Å². The molecule has 7 nitrogen and oxygen atoms in total. The van der Waals surface area contributed by atoms with Crippen LogP contribution >= 0.6 is 0 Å². The fraction of sp³-hybridized carbons (Fsp3) is 0.714. The molecule has 2 heterocycles. The van der Waals surface area contributed by atoms with E-state index in [4.69, 9.17) is 0 Å². The molecule has 5 rings (SSSR count). The van der Waals surface area contributed by atoms with Gasteiger partial charge in [-0.1, -0.05) is 36.8 Å². The molecule has 0 radical (unpaired) electrons. The largest absolute Gasteiger partial charge is 0.321 e. The summed E-state index contributed by atoms with van der Waals surface area (Å²) < 4.78 is 23.6. The van der Waals surface area contributed by atoms with E-state index in [0.29, 0.717) is 25.3 Å². The van der Waals surface area contributed by atoms with Gasteiger partial charge in [-0.15, -0.1) is 0 Å². The third kappa shape index (κ3) is 4.71. The number of nitrogens with zero attached hydrogens (tertiary/aromatic N) is 3. The Morgan fingerprint density at radius 2 is 1.64 bits per heavy atom. The highest BCUT2D eigenvalue weighted by atomic mass is 32.2. The lowest BCUT2D eigenvalue weighted by atomic mass is 9.68. The van der Waals surface area contributed by atoms with Crippen molar-refractivity contribution in [2.75, 3.05) is 45.2 Å². The molecule has 1 spiro atoms. The summed E-state index contributed by atoms with van der Waals surface area (Å²) in [5.74, 6) is 0.521. The number of carbonyl (C=O) groups is 2. The summed E-state index contributed by atoms with van der Waals surface area (Å²) in [4.78, 5) is 33.1. The Bertz CT molecular complexity index is 1060. The van der Waals surface area contributed by atoms with Crippen LogP contribution in [-0.2, 0) is 20.2 Å². The zero-order valence-electron chi connectivity index (χ0n) is 21.8. The lowest BCUT2D eigenvalue weighted by Crippen LogP contribution is -2.56. The van der Waals surface area contributed by atoms with Gasteiger partial charge in [-0.05, 0) is 76.9 Å². The number of hydrogen-bond acceptors (Lipinski definition) is 5. The quantitative estimate of drug-likeness (QED) is 0.554. The van der Waals surface area contributed by atoms with Gasteiger partial charge in [0.1, 0.15) is 9.84 Å².